The van der Waals surface area contributed by atoms with Crippen LogP contribution in [-0.2, 0) is 7.05 Å². The van der Waals surface area contributed by atoms with Gasteiger partial charge in [0.25, 0.3) is 0 Å². The maximum Gasteiger partial charge on any atom is 0.339 e. The maximum absolute atomic E-state index is 11.5. The summed E-state index contributed by atoms with van der Waals surface area (Å²) < 4.78 is 1.68. The summed E-state index contributed by atoms with van der Waals surface area (Å²) in [6.07, 6.45) is 8.13. The van der Waals surface area contributed by atoms with Crippen molar-refractivity contribution in [1.82, 2.24) is 14.8 Å². The number of nitrogens with one attached hydrogen (secondary N) is 1. The number of nitrogens with zero attached hydrogens (tertiary/aromatic N) is 3. The first-order valence-corrected chi connectivity index (χ1v) is 7.45. The molecule has 0 bridgehead atoms. The first-order valence-electron chi connectivity index (χ1n) is 7.45. The monoisotopic (exact) mass is 286 g/mol. The Balaban J connectivity index is 1.80. The average Bonchev–Trinajstić information content (AvgIpc) is 3.35. The van der Waals surface area contributed by atoms with Gasteiger partial charge in [-0.15, -0.1) is 0 Å². The molecule has 0 amide bonds. The quantitative estimate of drug-likeness (QED) is 0.881. The Labute approximate surface area is 122 Å². The van der Waals surface area contributed by atoms with E-state index < -0.39 is 5.97 Å². The second kappa shape index (κ2) is 4.44. The number of hydrogen-bond donors (Lipinski definition) is 2. The Bertz CT molecular complexity index is 704. The summed E-state index contributed by atoms with van der Waals surface area (Å²) >= 11 is 0. The van der Waals surface area contributed by atoms with Crippen LogP contribution in [-0.4, -0.2) is 31.9 Å². The summed E-state index contributed by atoms with van der Waals surface area (Å²) in [5, 5.41) is 18.0. The molecule has 0 aliphatic heterocycles. The van der Waals surface area contributed by atoms with Crippen LogP contribution >= 0.6 is 0 Å². The smallest absolute Gasteiger partial charge is 0.339 e. The molecule has 2 aliphatic rings. The lowest BCUT2D eigenvalue weighted by molar-refractivity contribution is 0.0697. The highest BCUT2D eigenvalue weighted by molar-refractivity contribution is 6.03. The lowest BCUT2D eigenvalue weighted by Gasteiger charge is -2.20. The van der Waals surface area contributed by atoms with Crippen LogP contribution in [0.5, 0.6) is 0 Å². The molecule has 0 spiro atoms. The zero-order chi connectivity index (χ0) is 14.6. The summed E-state index contributed by atoms with van der Waals surface area (Å²) in [5.74, 6) is 0.444. The molecule has 2 aromatic rings. The highest BCUT2D eigenvalue weighted by atomic mass is 16.4. The molecular weight excluding hydrogens is 268 g/mol. The lowest BCUT2D eigenvalue weighted by atomic mass is 10.1. The van der Waals surface area contributed by atoms with Gasteiger partial charge in [0, 0.05) is 19.3 Å². The fourth-order valence-electron chi connectivity index (χ4n) is 3.11. The van der Waals surface area contributed by atoms with Crippen molar-refractivity contribution in [1.29, 1.82) is 0 Å². The minimum atomic E-state index is -0.943. The van der Waals surface area contributed by atoms with Crippen LogP contribution in [0.15, 0.2) is 12.4 Å². The van der Waals surface area contributed by atoms with Crippen LogP contribution in [0.1, 0.15) is 36.0 Å². The van der Waals surface area contributed by atoms with Gasteiger partial charge in [-0.3, -0.25) is 4.68 Å². The SMILES string of the molecule is Cn1ncc2c(NC(C3CC3)C3CC3)c(C(=O)O)cnc21. The predicted molar refractivity (Wildman–Crippen MR) is 78.3 cm³/mol. The minimum Gasteiger partial charge on any atom is -0.478 e. The summed E-state index contributed by atoms with van der Waals surface area (Å²) in [4.78, 5) is 15.7. The second-order valence-electron chi connectivity index (χ2n) is 6.20. The Morgan fingerprint density at radius 1 is 1.33 bits per heavy atom. The van der Waals surface area contributed by atoms with Gasteiger partial charge in [-0.2, -0.15) is 5.10 Å². The maximum atomic E-state index is 11.5. The van der Waals surface area contributed by atoms with Gasteiger partial charge in [0.05, 0.1) is 17.3 Å². The number of carboxylic acids is 1. The molecule has 4 rings (SSSR count). The topological polar surface area (TPSA) is 80.0 Å². The van der Waals surface area contributed by atoms with Gasteiger partial charge in [0.2, 0.25) is 0 Å². The Morgan fingerprint density at radius 2 is 2.00 bits per heavy atom. The number of hydrogen-bond acceptors (Lipinski definition) is 4. The van der Waals surface area contributed by atoms with Gasteiger partial charge in [-0.1, -0.05) is 0 Å². The van der Waals surface area contributed by atoms with Crippen molar-refractivity contribution >= 4 is 22.7 Å². The highest BCUT2D eigenvalue weighted by Crippen LogP contribution is 2.46. The van der Waals surface area contributed by atoms with Gasteiger partial charge in [-0.25, -0.2) is 9.78 Å². The molecule has 0 radical (unpaired) electrons. The summed E-state index contributed by atoms with van der Waals surface area (Å²) in [5.41, 5.74) is 1.64. The number of rotatable bonds is 5. The lowest BCUT2D eigenvalue weighted by Crippen LogP contribution is -2.25. The third-order valence-electron chi connectivity index (χ3n) is 4.56. The third-order valence-corrected chi connectivity index (χ3v) is 4.56. The number of fused-ring (bicyclic) bond motifs is 1. The molecule has 2 aromatic heterocycles. The molecule has 0 atom stereocenters. The van der Waals surface area contributed by atoms with Crippen LogP contribution in [0.3, 0.4) is 0 Å². The van der Waals surface area contributed by atoms with Gasteiger partial charge < -0.3 is 10.4 Å². The first-order chi connectivity index (χ1) is 10.1. The number of aryl methyl sites for hydroxylation is 1. The van der Waals surface area contributed by atoms with Crippen molar-refractivity contribution < 1.29 is 9.90 Å². The summed E-state index contributed by atoms with van der Waals surface area (Å²) in [7, 11) is 1.82. The largest absolute Gasteiger partial charge is 0.478 e. The first kappa shape index (κ1) is 12.6. The number of pyridine rings is 1. The van der Waals surface area contributed by atoms with E-state index in [-0.39, 0.29) is 5.56 Å². The van der Waals surface area contributed by atoms with E-state index in [1.807, 2.05) is 7.05 Å². The van der Waals surface area contributed by atoms with E-state index >= 15 is 0 Å². The molecule has 6 heteroatoms. The molecule has 2 fully saturated rings. The minimum absolute atomic E-state index is 0.238. The van der Waals surface area contributed by atoms with E-state index in [9.17, 15) is 9.90 Å². The van der Waals surface area contributed by atoms with E-state index in [4.69, 9.17) is 0 Å². The third kappa shape index (κ3) is 2.14. The molecule has 0 aromatic carbocycles. The van der Waals surface area contributed by atoms with E-state index in [0.717, 1.165) is 5.39 Å². The van der Waals surface area contributed by atoms with Gasteiger partial charge in [-0.05, 0) is 37.5 Å². The molecule has 2 aliphatic carbocycles. The van der Waals surface area contributed by atoms with Crippen molar-refractivity contribution in [3.63, 3.8) is 0 Å². The Kier molecular flexibility index (Phi) is 2.67. The number of carbonyl (C=O) groups is 1. The molecular formula is C15H18N4O2. The average molecular weight is 286 g/mol. The Hall–Kier alpha value is -2.11. The van der Waals surface area contributed by atoms with E-state index in [1.165, 1.54) is 31.9 Å². The fourth-order valence-corrected chi connectivity index (χ4v) is 3.11. The zero-order valence-electron chi connectivity index (χ0n) is 11.9. The highest BCUT2D eigenvalue weighted by Gasteiger charge is 2.42. The second-order valence-corrected chi connectivity index (χ2v) is 6.20. The van der Waals surface area contributed by atoms with Gasteiger partial charge >= 0.3 is 5.97 Å². The number of aromatic nitrogens is 3. The molecule has 6 nitrogen and oxygen atoms in total. The standard InChI is InChI=1S/C15H18N4O2/c1-19-14-10(7-17-19)13(11(6-16-14)15(20)21)18-12(8-2-3-8)9-4-5-9/h6-9,12H,2-5H2,1H3,(H,16,18)(H,20,21). The molecule has 2 N–H and O–H groups in total. The molecule has 110 valence electrons. The number of carboxylic acid groups (broad SMARTS) is 1. The molecule has 21 heavy (non-hydrogen) atoms. The van der Waals surface area contributed by atoms with Crippen LogP contribution in [0.4, 0.5) is 5.69 Å². The number of anilines is 1. The normalized spacial score (nSPS) is 18.4. The van der Waals surface area contributed by atoms with E-state index in [2.05, 4.69) is 15.4 Å². The summed E-state index contributed by atoms with van der Waals surface area (Å²) in [6.45, 7) is 0. The van der Waals surface area contributed by atoms with E-state index in [1.54, 1.807) is 10.9 Å². The van der Waals surface area contributed by atoms with Gasteiger partial charge in [0.15, 0.2) is 5.65 Å². The predicted octanol–water partition coefficient (Wildman–Crippen LogP) is 2.27. The molecule has 2 saturated carbocycles. The van der Waals surface area contributed by atoms with Crippen molar-refractivity contribution in [2.75, 3.05) is 5.32 Å². The van der Waals surface area contributed by atoms with Crippen LogP contribution in [0, 0.1) is 11.8 Å². The van der Waals surface area contributed by atoms with Crippen LogP contribution in [0.2, 0.25) is 0 Å². The van der Waals surface area contributed by atoms with Crippen molar-refractivity contribution in [3.8, 4) is 0 Å². The van der Waals surface area contributed by atoms with Crippen molar-refractivity contribution in [2.45, 2.75) is 31.7 Å². The molecule has 2 heterocycles. The zero-order valence-corrected chi connectivity index (χ0v) is 11.9. The number of aromatic carboxylic acids is 1. The fraction of sp³-hybridized carbons (Fsp3) is 0.533. The molecule has 0 unspecified atom stereocenters. The Morgan fingerprint density at radius 3 is 2.57 bits per heavy atom. The van der Waals surface area contributed by atoms with Crippen molar-refractivity contribution in [3.05, 3.63) is 18.0 Å². The van der Waals surface area contributed by atoms with Gasteiger partial charge in [0.1, 0.15) is 5.56 Å². The van der Waals surface area contributed by atoms with Crippen LogP contribution < -0.4 is 5.32 Å². The van der Waals surface area contributed by atoms with E-state index in [0.29, 0.717) is 29.2 Å². The summed E-state index contributed by atoms with van der Waals surface area (Å²) in [6, 6.07) is 0.397. The van der Waals surface area contributed by atoms with Crippen LogP contribution in [0.25, 0.3) is 11.0 Å². The van der Waals surface area contributed by atoms with Crippen molar-refractivity contribution in [2.24, 2.45) is 18.9 Å². The molecule has 0 saturated heterocycles.